The van der Waals surface area contributed by atoms with Gasteiger partial charge in [-0.2, -0.15) is 13.2 Å². The monoisotopic (exact) mass is 470 g/mol. The number of halogens is 3. The van der Waals surface area contributed by atoms with Gasteiger partial charge in [0, 0.05) is 61.6 Å². The SMILES string of the molecule is CC(=O)N1CCN(c2ccc3nccc(N[C@H](C)c4cccc(C(F)(F)F)c4C)c3c2)[C@@H](C)C1. The average Bonchev–Trinajstić information content (AvgIpc) is 2.78. The standard InChI is InChI=1S/C26H29F3N4O/c1-16-15-32(19(4)34)12-13-33(16)20-8-9-24-22(14-20)25(10-11-30-24)31-18(3)21-6-5-7-23(17(21)2)26(27,28)29/h5-11,14,16,18H,12-13,15H2,1-4H3,(H,30,31)/t16-,18+/m0/s1. The quantitative estimate of drug-likeness (QED) is 0.524. The summed E-state index contributed by atoms with van der Waals surface area (Å²) in [6.45, 7) is 9.13. The number of aromatic nitrogens is 1. The van der Waals surface area contributed by atoms with Crippen molar-refractivity contribution in [2.45, 2.75) is 46.0 Å². The van der Waals surface area contributed by atoms with E-state index in [-0.39, 0.29) is 23.6 Å². The summed E-state index contributed by atoms with van der Waals surface area (Å²) < 4.78 is 40.2. The largest absolute Gasteiger partial charge is 0.416 e. The number of nitrogens with one attached hydrogen (secondary N) is 1. The van der Waals surface area contributed by atoms with Gasteiger partial charge in [-0.3, -0.25) is 9.78 Å². The van der Waals surface area contributed by atoms with Gasteiger partial charge >= 0.3 is 6.18 Å². The second-order valence-corrected chi connectivity index (χ2v) is 8.95. The number of amides is 1. The Bertz CT molecular complexity index is 1210. The number of carbonyl (C=O) groups excluding carboxylic acids is 1. The molecule has 1 N–H and O–H groups in total. The first-order valence-electron chi connectivity index (χ1n) is 11.4. The first-order chi connectivity index (χ1) is 16.1. The van der Waals surface area contributed by atoms with Gasteiger partial charge in [0.1, 0.15) is 0 Å². The molecule has 1 saturated heterocycles. The summed E-state index contributed by atoms with van der Waals surface area (Å²) in [5.74, 6) is 0.0829. The van der Waals surface area contributed by atoms with Crippen molar-refractivity contribution < 1.29 is 18.0 Å². The van der Waals surface area contributed by atoms with E-state index < -0.39 is 11.7 Å². The molecule has 0 radical (unpaired) electrons. The summed E-state index contributed by atoms with van der Waals surface area (Å²) in [5, 5.41) is 4.31. The molecule has 0 bridgehead atoms. The lowest BCUT2D eigenvalue weighted by atomic mass is 9.97. The van der Waals surface area contributed by atoms with Crippen LogP contribution in [-0.2, 0) is 11.0 Å². The minimum absolute atomic E-state index is 0.0829. The fraction of sp³-hybridized carbons (Fsp3) is 0.385. The molecule has 2 heterocycles. The van der Waals surface area contributed by atoms with Gasteiger partial charge in [0.2, 0.25) is 5.91 Å². The summed E-state index contributed by atoms with van der Waals surface area (Å²) in [4.78, 5) is 20.4. The Morgan fingerprint density at radius 2 is 1.94 bits per heavy atom. The van der Waals surface area contributed by atoms with Crippen molar-refractivity contribution >= 4 is 28.2 Å². The van der Waals surface area contributed by atoms with Crippen LogP contribution in [-0.4, -0.2) is 41.5 Å². The highest BCUT2D eigenvalue weighted by molar-refractivity contribution is 5.93. The van der Waals surface area contributed by atoms with Crippen LogP contribution in [0.1, 0.15) is 43.5 Å². The average molecular weight is 471 g/mol. The van der Waals surface area contributed by atoms with Gasteiger partial charge in [0.25, 0.3) is 0 Å². The minimum Gasteiger partial charge on any atom is -0.378 e. The van der Waals surface area contributed by atoms with E-state index in [4.69, 9.17) is 0 Å². The van der Waals surface area contributed by atoms with Gasteiger partial charge in [-0.25, -0.2) is 0 Å². The Hall–Kier alpha value is -3.29. The zero-order chi connectivity index (χ0) is 24.6. The number of pyridine rings is 1. The summed E-state index contributed by atoms with van der Waals surface area (Å²) in [6, 6.07) is 12.0. The maximum atomic E-state index is 13.4. The molecule has 1 aliphatic rings. The highest BCUT2D eigenvalue weighted by Gasteiger charge is 2.33. The van der Waals surface area contributed by atoms with Crippen LogP contribution >= 0.6 is 0 Å². The van der Waals surface area contributed by atoms with Gasteiger partial charge in [-0.15, -0.1) is 0 Å². The fourth-order valence-electron chi connectivity index (χ4n) is 4.81. The van der Waals surface area contributed by atoms with Gasteiger partial charge in [0.15, 0.2) is 0 Å². The van der Waals surface area contributed by atoms with Crippen molar-refractivity contribution in [1.29, 1.82) is 0 Å². The molecule has 1 aromatic heterocycles. The molecule has 4 rings (SSSR count). The summed E-state index contributed by atoms with van der Waals surface area (Å²) in [7, 11) is 0. The van der Waals surface area contributed by atoms with Crippen LogP contribution in [0.25, 0.3) is 10.9 Å². The van der Waals surface area contributed by atoms with Crippen molar-refractivity contribution in [2.24, 2.45) is 0 Å². The first-order valence-corrected chi connectivity index (χ1v) is 11.4. The Labute approximate surface area is 197 Å². The second kappa shape index (κ2) is 9.16. The molecule has 5 nitrogen and oxygen atoms in total. The lowest BCUT2D eigenvalue weighted by molar-refractivity contribution is -0.138. The fourth-order valence-corrected chi connectivity index (χ4v) is 4.81. The van der Waals surface area contributed by atoms with Gasteiger partial charge in [-0.05, 0) is 62.2 Å². The molecule has 1 amide bonds. The zero-order valence-corrected chi connectivity index (χ0v) is 19.8. The van der Waals surface area contributed by atoms with Crippen molar-refractivity contribution in [3.8, 4) is 0 Å². The molecule has 1 aliphatic heterocycles. The molecule has 2 aromatic carbocycles. The Morgan fingerprint density at radius 1 is 1.18 bits per heavy atom. The normalized spacial score (nSPS) is 17.7. The first kappa shape index (κ1) is 23.9. The molecule has 0 spiro atoms. The third kappa shape index (κ3) is 4.67. The van der Waals surface area contributed by atoms with Gasteiger partial charge in [0.05, 0.1) is 11.1 Å². The Morgan fingerprint density at radius 3 is 2.62 bits per heavy atom. The third-order valence-electron chi connectivity index (χ3n) is 6.65. The minimum atomic E-state index is -4.39. The topological polar surface area (TPSA) is 48.5 Å². The molecule has 180 valence electrons. The summed E-state index contributed by atoms with van der Waals surface area (Å²) in [5.41, 5.74) is 2.86. The molecule has 1 fully saturated rings. The van der Waals surface area contributed by atoms with E-state index in [0.717, 1.165) is 34.9 Å². The predicted molar refractivity (Wildman–Crippen MR) is 129 cm³/mol. The molecule has 0 aliphatic carbocycles. The molecular weight excluding hydrogens is 441 g/mol. The summed E-state index contributed by atoms with van der Waals surface area (Å²) in [6.07, 6.45) is -2.69. The van der Waals surface area contributed by atoms with Crippen LogP contribution in [0.2, 0.25) is 0 Å². The number of carbonyl (C=O) groups is 1. The molecule has 3 aromatic rings. The van der Waals surface area contributed by atoms with Crippen molar-refractivity contribution in [3.05, 3.63) is 65.4 Å². The number of alkyl halides is 3. The maximum Gasteiger partial charge on any atom is 0.416 e. The predicted octanol–water partition coefficient (Wildman–Crippen LogP) is 5.79. The van der Waals surface area contributed by atoms with Crippen LogP contribution < -0.4 is 10.2 Å². The number of anilines is 2. The number of benzene rings is 2. The van der Waals surface area contributed by atoms with Crippen LogP contribution in [0.4, 0.5) is 24.5 Å². The van der Waals surface area contributed by atoms with E-state index in [9.17, 15) is 18.0 Å². The molecule has 8 heteroatoms. The molecule has 34 heavy (non-hydrogen) atoms. The van der Waals surface area contributed by atoms with E-state index in [0.29, 0.717) is 18.7 Å². The van der Waals surface area contributed by atoms with Crippen molar-refractivity contribution in [3.63, 3.8) is 0 Å². The Balaban J connectivity index is 1.64. The molecule has 0 unspecified atom stereocenters. The molecule has 0 saturated carbocycles. The Kier molecular flexibility index (Phi) is 6.43. The lowest BCUT2D eigenvalue weighted by Gasteiger charge is -2.41. The van der Waals surface area contributed by atoms with Crippen molar-refractivity contribution in [2.75, 3.05) is 29.9 Å². The molecule has 2 atom stereocenters. The third-order valence-corrected chi connectivity index (χ3v) is 6.65. The number of nitrogens with zero attached hydrogens (tertiary/aromatic N) is 3. The van der Waals surface area contributed by atoms with Gasteiger partial charge in [-0.1, -0.05) is 12.1 Å². The number of fused-ring (bicyclic) bond motifs is 1. The lowest BCUT2D eigenvalue weighted by Crippen LogP contribution is -2.53. The van der Waals surface area contributed by atoms with E-state index in [1.807, 2.05) is 30.0 Å². The smallest absolute Gasteiger partial charge is 0.378 e. The van der Waals surface area contributed by atoms with Crippen LogP contribution in [0, 0.1) is 6.92 Å². The van der Waals surface area contributed by atoms with E-state index in [1.54, 1.807) is 19.2 Å². The molecular formula is C26H29F3N4O. The van der Waals surface area contributed by atoms with E-state index in [2.05, 4.69) is 28.2 Å². The summed E-state index contributed by atoms with van der Waals surface area (Å²) >= 11 is 0. The number of hydrogen-bond donors (Lipinski definition) is 1. The van der Waals surface area contributed by atoms with Gasteiger partial charge < -0.3 is 15.1 Å². The van der Waals surface area contributed by atoms with E-state index >= 15 is 0 Å². The highest BCUT2D eigenvalue weighted by atomic mass is 19.4. The number of hydrogen-bond acceptors (Lipinski definition) is 4. The van der Waals surface area contributed by atoms with Crippen LogP contribution in [0.5, 0.6) is 0 Å². The number of rotatable bonds is 4. The number of piperazine rings is 1. The maximum absolute atomic E-state index is 13.4. The van der Waals surface area contributed by atoms with E-state index in [1.165, 1.54) is 13.0 Å². The zero-order valence-electron chi connectivity index (χ0n) is 19.8. The highest BCUT2D eigenvalue weighted by Crippen LogP contribution is 2.36. The van der Waals surface area contributed by atoms with Crippen molar-refractivity contribution in [1.82, 2.24) is 9.88 Å². The second-order valence-electron chi connectivity index (χ2n) is 8.95. The van der Waals surface area contributed by atoms with Crippen LogP contribution in [0.3, 0.4) is 0 Å². The van der Waals surface area contributed by atoms with Crippen LogP contribution in [0.15, 0.2) is 48.7 Å².